The van der Waals surface area contributed by atoms with Crippen LogP contribution in [0.1, 0.15) is 96.0 Å². The molecule has 0 fully saturated rings. The van der Waals surface area contributed by atoms with Crippen LogP contribution in [0.5, 0.6) is 0 Å². The van der Waals surface area contributed by atoms with Crippen molar-refractivity contribution in [2.45, 2.75) is 90.4 Å². The second-order valence-corrected chi connectivity index (χ2v) is 6.16. The Morgan fingerprint density at radius 3 is 1.80 bits per heavy atom. The molecular formula is C20H34. The standard InChI is InChI=1S/C20H34/c1-3-5-7-8-9-12-16-19(15-11-6-4-2)20-17-13-10-14-18-20/h10,13-14,17-19H,3-9,11-12,15-16H2,1-2H3. The van der Waals surface area contributed by atoms with Crippen LogP contribution in [0.4, 0.5) is 0 Å². The van der Waals surface area contributed by atoms with Crippen molar-refractivity contribution in [1.29, 1.82) is 0 Å². The Bertz CT molecular complexity index is 301. The van der Waals surface area contributed by atoms with E-state index in [1.165, 1.54) is 70.6 Å². The molecule has 0 radical (unpaired) electrons. The van der Waals surface area contributed by atoms with E-state index in [2.05, 4.69) is 44.2 Å². The van der Waals surface area contributed by atoms with Gasteiger partial charge in [0.25, 0.3) is 0 Å². The molecule has 0 aliphatic carbocycles. The highest BCUT2D eigenvalue weighted by Gasteiger charge is 2.10. The van der Waals surface area contributed by atoms with Crippen LogP contribution in [0.25, 0.3) is 0 Å². The molecule has 0 heteroatoms. The minimum Gasteiger partial charge on any atom is -0.0654 e. The van der Waals surface area contributed by atoms with Crippen molar-refractivity contribution in [2.75, 3.05) is 0 Å². The van der Waals surface area contributed by atoms with Crippen LogP contribution in [0.3, 0.4) is 0 Å². The minimum atomic E-state index is 0.800. The molecule has 1 aromatic carbocycles. The maximum atomic E-state index is 2.33. The van der Waals surface area contributed by atoms with Crippen molar-refractivity contribution >= 4 is 0 Å². The first-order chi connectivity index (χ1) is 9.88. The fourth-order valence-electron chi connectivity index (χ4n) is 3.01. The van der Waals surface area contributed by atoms with Gasteiger partial charge in [-0.1, -0.05) is 102 Å². The Labute approximate surface area is 127 Å². The maximum Gasteiger partial charge on any atom is -0.0162 e. The van der Waals surface area contributed by atoms with Crippen molar-refractivity contribution in [1.82, 2.24) is 0 Å². The van der Waals surface area contributed by atoms with Gasteiger partial charge in [-0.2, -0.15) is 0 Å². The molecule has 0 nitrogen and oxygen atoms in total. The lowest BCUT2D eigenvalue weighted by molar-refractivity contribution is 0.495. The molecule has 0 saturated carbocycles. The second kappa shape index (κ2) is 12.0. The first-order valence-electron chi connectivity index (χ1n) is 8.93. The predicted octanol–water partition coefficient (Wildman–Crippen LogP) is 7.10. The lowest BCUT2D eigenvalue weighted by Crippen LogP contribution is -1.99. The molecule has 20 heavy (non-hydrogen) atoms. The molecule has 1 rings (SSSR count). The van der Waals surface area contributed by atoms with Crippen LogP contribution in [-0.2, 0) is 0 Å². The molecule has 114 valence electrons. The van der Waals surface area contributed by atoms with Gasteiger partial charge in [-0.05, 0) is 24.3 Å². The van der Waals surface area contributed by atoms with E-state index in [1.54, 1.807) is 5.56 Å². The van der Waals surface area contributed by atoms with Crippen LogP contribution >= 0.6 is 0 Å². The van der Waals surface area contributed by atoms with Gasteiger partial charge in [-0.15, -0.1) is 0 Å². The largest absolute Gasteiger partial charge is 0.0654 e. The highest BCUT2D eigenvalue weighted by Crippen LogP contribution is 2.28. The molecule has 1 unspecified atom stereocenters. The van der Waals surface area contributed by atoms with E-state index < -0.39 is 0 Å². The third-order valence-electron chi connectivity index (χ3n) is 4.33. The fourth-order valence-corrected chi connectivity index (χ4v) is 3.01. The van der Waals surface area contributed by atoms with Crippen LogP contribution in [0.2, 0.25) is 0 Å². The van der Waals surface area contributed by atoms with Crippen molar-refractivity contribution in [3.8, 4) is 0 Å². The average Bonchev–Trinajstić information content (AvgIpc) is 2.50. The van der Waals surface area contributed by atoms with Crippen LogP contribution < -0.4 is 0 Å². The zero-order valence-corrected chi connectivity index (χ0v) is 13.7. The first kappa shape index (κ1) is 17.3. The molecule has 0 spiro atoms. The lowest BCUT2D eigenvalue weighted by atomic mass is 9.88. The van der Waals surface area contributed by atoms with Crippen molar-refractivity contribution in [3.63, 3.8) is 0 Å². The number of benzene rings is 1. The van der Waals surface area contributed by atoms with E-state index in [9.17, 15) is 0 Å². The Kier molecular flexibility index (Phi) is 10.4. The number of rotatable bonds is 12. The lowest BCUT2D eigenvalue weighted by Gasteiger charge is -2.17. The van der Waals surface area contributed by atoms with E-state index in [1.807, 2.05) is 0 Å². The van der Waals surface area contributed by atoms with Gasteiger partial charge < -0.3 is 0 Å². The second-order valence-electron chi connectivity index (χ2n) is 6.16. The van der Waals surface area contributed by atoms with Gasteiger partial charge in [0.2, 0.25) is 0 Å². The summed E-state index contributed by atoms with van der Waals surface area (Å²) in [6.07, 6.45) is 15.4. The Morgan fingerprint density at radius 1 is 0.650 bits per heavy atom. The monoisotopic (exact) mass is 274 g/mol. The Morgan fingerprint density at radius 2 is 1.15 bits per heavy atom. The number of hydrogen-bond acceptors (Lipinski definition) is 0. The summed E-state index contributed by atoms with van der Waals surface area (Å²) in [5, 5.41) is 0. The van der Waals surface area contributed by atoms with Crippen molar-refractivity contribution < 1.29 is 0 Å². The van der Waals surface area contributed by atoms with Gasteiger partial charge >= 0.3 is 0 Å². The first-order valence-corrected chi connectivity index (χ1v) is 8.93. The van der Waals surface area contributed by atoms with E-state index in [0.717, 1.165) is 5.92 Å². The maximum absolute atomic E-state index is 2.33. The Balaban J connectivity index is 2.31. The zero-order valence-electron chi connectivity index (χ0n) is 13.7. The summed E-state index contributed by atoms with van der Waals surface area (Å²) in [4.78, 5) is 0. The molecular weight excluding hydrogens is 240 g/mol. The van der Waals surface area contributed by atoms with E-state index in [-0.39, 0.29) is 0 Å². The highest BCUT2D eigenvalue weighted by atomic mass is 14.2. The summed E-state index contributed by atoms with van der Waals surface area (Å²) in [6, 6.07) is 11.2. The summed E-state index contributed by atoms with van der Waals surface area (Å²) in [6.45, 7) is 4.59. The summed E-state index contributed by atoms with van der Waals surface area (Å²) < 4.78 is 0. The summed E-state index contributed by atoms with van der Waals surface area (Å²) >= 11 is 0. The number of hydrogen-bond donors (Lipinski definition) is 0. The zero-order chi connectivity index (χ0) is 14.5. The third kappa shape index (κ3) is 7.72. The minimum absolute atomic E-state index is 0.800. The molecule has 1 atom stereocenters. The van der Waals surface area contributed by atoms with Gasteiger partial charge in [0.1, 0.15) is 0 Å². The SMILES string of the molecule is CCCCCCCCC(CCCCC)c1ccccc1. The van der Waals surface area contributed by atoms with Crippen LogP contribution in [0.15, 0.2) is 30.3 Å². The van der Waals surface area contributed by atoms with E-state index in [0.29, 0.717) is 0 Å². The smallest absolute Gasteiger partial charge is 0.0162 e. The van der Waals surface area contributed by atoms with Gasteiger partial charge in [0, 0.05) is 0 Å². The quantitative estimate of drug-likeness (QED) is 0.356. The van der Waals surface area contributed by atoms with Crippen LogP contribution in [0, 0.1) is 0 Å². The molecule has 0 N–H and O–H groups in total. The molecule has 0 heterocycles. The third-order valence-corrected chi connectivity index (χ3v) is 4.33. The van der Waals surface area contributed by atoms with Crippen LogP contribution in [-0.4, -0.2) is 0 Å². The van der Waals surface area contributed by atoms with Gasteiger partial charge in [0.05, 0.1) is 0 Å². The summed E-state index contributed by atoms with van der Waals surface area (Å²) in [7, 11) is 0. The van der Waals surface area contributed by atoms with E-state index >= 15 is 0 Å². The van der Waals surface area contributed by atoms with Gasteiger partial charge in [0.15, 0.2) is 0 Å². The summed E-state index contributed by atoms with van der Waals surface area (Å²) in [5.41, 5.74) is 1.57. The molecule has 0 aliphatic heterocycles. The number of unbranched alkanes of at least 4 members (excludes halogenated alkanes) is 7. The predicted molar refractivity (Wildman–Crippen MR) is 91.3 cm³/mol. The van der Waals surface area contributed by atoms with Crippen molar-refractivity contribution in [2.24, 2.45) is 0 Å². The molecule has 1 aromatic rings. The Hall–Kier alpha value is -0.780. The molecule has 0 aromatic heterocycles. The normalized spacial score (nSPS) is 12.5. The van der Waals surface area contributed by atoms with Crippen molar-refractivity contribution in [3.05, 3.63) is 35.9 Å². The fraction of sp³-hybridized carbons (Fsp3) is 0.700. The molecule has 0 saturated heterocycles. The van der Waals surface area contributed by atoms with E-state index in [4.69, 9.17) is 0 Å². The summed E-state index contributed by atoms with van der Waals surface area (Å²) in [5.74, 6) is 0.800. The molecule has 0 amide bonds. The topological polar surface area (TPSA) is 0 Å². The molecule has 0 bridgehead atoms. The van der Waals surface area contributed by atoms with Gasteiger partial charge in [-0.25, -0.2) is 0 Å². The highest BCUT2D eigenvalue weighted by molar-refractivity contribution is 5.19. The van der Waals surface area contributed by atoms with Gasteiger partial charge in [-0.3, -0.25) is 0 Å². The average molecular weight is 274 g/mol. The molecule has 0 aliphatic rings.